The van der Waals surface area contributed by atoms with E-state index in [1.54, 1.807) is 11.6 Å². The lowest BCUT2D eigenvalue weighted by Gasteiger charge is -2.16. The molecule has 2 aromatic heterocycles. The van der Waals surface area contributed by atoms with Crippen LogP contribution in [0.3, 0.4) is 0 Å². The first-order chi connectivity index (χ1) is 8.29. The zero-order valence-corrected chi connectivity index (χ0v) is 10.6. The van der Waals surface area contributed by atoms with Crippen molar-refractivity contribution in [2.45, 2.75) is 37.3 Å². The Hall–Kier alpha value is -1.14. The lowest BCUT2D eigenvalue weighted by molar-refractivity contribution is 0.178. The third kappa shape index (κ3) is 1.81. The van der Waals surface area contributed by atoms with Crippen LogP contribution in [-0.4, -0.2) is 26.7 Å². The second-order valence-electron chi connectivity index (χ2n) is 4.24. The molecule has 0 unspecified atom stereocenters. The smallest absolute Gasteiger partial charge is 0.253 e. The molecule has 1 aliphatic rings. The Kier molecular flexibility index (Phi) is 2.76. The monoisotopic (exact) mass is 250 g/mol. The summed E-state index contributed by atoms with van der Waals surface area (Å²) in [5.74, 6) is 1.28. The molecule has 0 saturated carbocycles. The molecule has 0 N–H and O–H groups in total. The Morgan fingerprint density at radius 3 is 2.94 bits per heavy atom. The van der Waals surface area contributed by atoms with Crippen molar-refractivity contribution in [2.24, 2.45) is 0 Å². The Bertz CT molecular complexity index is 566. The van der Waals surface area contributed by atoms with Gasteiger partial charge in [-0.05, 0) is 25.7 Å². The number of nitrogens with zero attached hydrogens (tertiary/aromatic N) is 4. The summed E-state index contributed by atoms with van der Waals surface area (Å²) in [6.07, 6.45) is 4.46. The molecule has 2 heterocycles. The summed E-state index contributed by atoms with van der Waals surface area (Å²) in [6.45, 7) is 0.404. The number of hydrogen-bond acceptors (Lipinski definition) is 5. The SMILES string of the molecule is COCc1nc2nc3c(c(S)n2n1)CCCC3. The van der Waals surface area contributed by atoms with E-state index in [9.17, 15) is 0 Å². The van der Waals surface area contributed by atoms with Crippen LogP contribution < -0.4 is 0 Å². The predicted molar refractivity (Wildman–Crippen MR) is 65.4 cm³/mol. The molecule has 0 aliphatic heterocycles. The van der Waals surface area contributed by atoms with E-state index < -0.39 is 0 Å². The molecule has 0 amide bonds. The van der Waals surface area contributed by atoms with E-state index in [1.807, 2.05) is 0 Å². The lowest BCUT2D eigenvalue weighted by Crippen LogP contribution is -2.10. The number of hydrogen-bond donors (Lipinski definition) is 1. The first-order valence-electron chi connectivity index (χ1n) is 5.75. The normalized spacial score (nSPS) is 15.2. The first-order valence-corrected chi connectivity index (χ1v) is 6.19. The van der Waals surface area contributed by atoms with Gasteiger partial charge in [0.15, 0.2) is 5.82 Å². The van der Waals surface area contributed by atoms with Crippen LogP contribution in [0.25, 0.3) is 5.78 Å². The summed E-state index contributed by atoms with van der Waals surface area (Å²) < 4.78 is 6.74. The van der Waals surface area contributed by atoms with Gasteiger partial charge < -0.3 is 4.74 Å². The average Bonchev–Trinajstić information content (AvgIpc) is 2.73. The van der Waals surface area contributed by atoms with Gasteiger partial charge in [-0.1, -0.05) is 0 Å². The van der Waals surface area contributed by atoms with Crippen molar-refractivity contribution in [2.75, 3.05) is 7.11 Å². The fraction of sp³-hybridized carbons (Fsp3) is 0.545. The molecule has 2 aromatic rings. The highest BCUT2D eigenvalue weighted by Crippen LogP contribution is 2.25. The molecule has 6 heteroatoms. The maximum Gasteiger partial charge on any atom is 0.253 e. The van der Waals surface area contributed by atoms with Crippen LogP contribution in [0.15, 0.2) is 5.03 Å². The van der Waals surface area contributed by atoms with E-state index in [2.05, 4.69) is 27.7 Å². The van der Waals surface area contributed by atoms with Crippen molar-refractivity contribution in [3.8, 4) is 0 Å². The second kappa shape index (κ2) is 4.27. The van der Waals surface area contributed by atoms with E-state index in [4.69, 9.17) is 4.74 Å². The van der Waals surface area contributed by atoms with Crippen LogP contribution in [0, 0.1) is 0 Å². The Balaban J connectivity index is 2.18. The lowest BCUT2D eigenvalue weighted by atomic mass is 9.97. The molecule has 0 fully saturated rings. The highest BCUT2D eigenvalue weighted by atomic mass is 32.1. The minimum absolute atomic E-state index is 0.404. The summed E-state index contributed by atoms with van der Waals surface area (Å²) in [7, 11) is 1.63. The molecule has 1 aliphatic carbocycles. The largest absolute Gasteiger partial charge is 0.377 e. The molecule has 0 aromatic carbocycles. The second-order valence-corrected chi connectivity index (χ2v) is 4.66. The maximum atomic E-state index is 5.03. The third-order valence-corrected chi connectivity index (χ3v) is 3.51. The van der Waals surface area contributed by atoms with Crippen molar-refractivity contribution in [3.63, 3.8) is 0 Å². The maximum absolute atomic E-state index is 5.03. The number of rotatable bonds is 2. The molecule has 0 atom stereocenters. The van der Waals surface area contributed by atoms with Crippen LogP contribution in [0.4, 0.5) is 0 Å². The summed E-state index contributed by atoms with van der Waals surface area (Å²) in [5, 5.41) is 5.23. The van der Waals surface area contributed by atoms with Crippen molar-refractivity contribution in [3.05, 3.63) is 17.1 Å². The highest BCUT2D eigenvalue weighted by molar-refractivity contribution is 7.80. The first kappa shape index (κ1) is 11.0. The fourth-order valence-electron chi connectivity index (χ4n) is 2.25. The minimum atomic E-state index is 0.404. The number of methoxy groups -OCH3 is 1. The van der Waals surface area contributed by atoms with Crippen LogP contribution in [0.1, 0.15) is 29.9 Å². The van der Waals surface area contributed by atoms with Crippen molar-refractivity contribution in [1.82, 2.24) is 19.6 Å². The molecule has 0 saturated heterocycles. The van der Waals surface area contributed by atoms with E-state index in [-0.39, 0.29) is 0 Å². The zero-order valence-electron chi connectivity index (χ0n) is 9.68. The number of aromatic nitrogens is 4. The topological polar surface area (TPSA) is 52.3 Å². The van der Waals surface area contributed by atoms with Gasteiger partial charge in [-0.15, -0.1) is 17.7 Å². The van der Waals surface area contributed by atoms with Gasteiger partial charge in [0.1, 0.15) is 11.6 Å². The summed E-state index contributed by atoms with van der Waals surface area (Å²) in [4.78, 5) is 8.90. The van der Waals surface area contributed by atoms with Gasteiger partial charge in [0.05, 0.1) is 5.69 Å². The fourth-order valence-corrected chi connectivity index (χ4v) is 2.63. The zero-order chi connectivity index (χ0) is 11.8. The van der Waals surface area contributed by atoms with Crippen LogP contribution >= 0.6 is 12.6 Å². The van der Waals surface area contributed by atoms with Crippen molar-refractivity contribution < 1.29 is 4.74 Å². The molecular weight excluding hydrogens is 236 g/mol. The average molecular weight is 250 g/mol. The molecule has 17 heavy (non-hydrogen) atoms. The van der Waals surface area contributed by atoms with E-state index in [0.29, 0.717) is 18.2 Å². The van der Waals surface area contributed by atoms with Crippen LogP contribution in [0.2, 0.25) is 0 Å². The molecule has 0 bridgehead atoms. The quantitative estimate of drug-likeness (QED) is 0.647. The van der Waals surface area contributed by atoms with E-state index in [1.165, 1.54) is 18.4 Å². The molecular formula is C11H14N4OS. The van der Waals surface area contributed by atoms with Crippen molar-refractivity contribution >= 4 is 18.4 Å². The number of thiol groups is 1. The summed E-state index contributed by atoms with van der Waals surface area (Å²) in [5.41, 5.74) is 2.35. The molecule has 90 valence electrons. The number of aryl methyl sites for hydroxylation is 1. The summed E-state index contributed by atoms with van der Waals surface area (Å²) in [6, 6.07) is 0. The van der Waals surface area contributed by atoms with Crippen LogP contribution in [0.5, 0.6) is 0 Å². The van der Waals surface area contributed by atoms with Crippen molar-refractivity contribution in [1.29, 1.82) is 0 Å². The highest BCUT2D eigenvalue weighted by Gasteiger charge is 2.18. The van der Waals surface area contributed by atoms with Gasteiger partial charge in [-0.3, -0.25) is 0 Å². The standard InChI is InChI=1S/C11H14N4OS/c1-16-6-9-13-11-12-8-5-3-2-4-7(8)10(17)15(11)14-9/h17H,2-6H2,1H3. The van der Waals surface area contributed by atoms with E-state index >= 15 is 0 Å². The van der Waals surface area contributed by atoms with Gasteiger partial charge in [0.25, 0.3) is 5.78 Å². The van der Waals surface area contributed by atoms with Gasteiger partial charge >= 0.3 is 0 Å². The number of fused-ring (bicyclic) bond motifs is 2. The molecule has 0 radical (unpaired) electrons. The summed E-state index contributed by atoms with van der Waals surface area (Å²) >= 11 is 4.56. The Morgan fingerprint density at radius 2 is 2.12 bits per heavy atom. The minimum Gasteiger partial charge on any atom is -0.377 e. The predicted octanol–water partition coefficient (Wildman–Crippen LogP) is 1.44. The van der Waals surface area contributed by atoms with Gasteiger partial charge in [-0.25, -0.2) is 4.98 Å². The third-order valence-electron chi connectivity index (χ3n) is 3.05. The number of ether oxygens (including phenoxy) is 1. The molecule has 3 rings (SSSR count). The van der Waals surface area contributed by atoms with Gasteiger partial charge in [0.2, 0.25) is 0 Å². The van der Waals surface area contributed by atoms with Gasteiger partial charge in [-0.2, -0.15) is 9.50 Å². The Morgan fingerprint density at radius 1 is 1.29 bits per heavy atom. The van der Waals surface area contributed by atoms with Crippen LogP contribution in [-0.2, 0) is 24.2 Å². The van der Waals surface area contributed by atoms with E-state index in [0.717, 1.165) is 23.6 Å². The van der Waals surface area contributed by atoms with Gasteiger partial charge in [0, 0.05) is 12.7 Å². The molecule has 5 nitrogen and oxygen atoms in total. The molecule has 0 spiro atoms. The Labute approximate surface area is 105 Å².